The van der Waals surface area contributed by atoms with Gasteiger partial charge in [0.15, 0.2) is 0 Å². The molecule has 2 aliphatic rings. The monoisotopic (exact) mass is 552 g/mol. The number of nitrogens with one attached hydrogen (secondary N) is 1. The van der Waals surface area contributed by atoms with Gasteiger partial charge in [-0.15, -0.1) is 0 Å². The lowest BCUT2D eigenvalue weighted by molar-refractivity contribution is -0.158. The molecule has 2 amide bonds. The van der Waals surface area contributed by atoms with Crippen LogP contribution in [0.3, 0.4) is 0 Å². The Balaban J connectivity index is 1.79. The van der Waals surface area contributed by atoms with Crippen LogP contribution in [0.25, 0.3) is 0 Å². The maximum absolute atomic E-state index is 14.0. The molecule has 38 heavy (non-hydrogen) atoms. The second-order valence-corrected chi connectivity index (χ2v) is 10.2. The molecule has 1 saturated carbocycles. The van der Waals surface area contributed by atoms with Gasteiger partial charge < -0.3 is 10.2 Å². The van der Waals surface area contributed by atoms with Gasteiger partial charge in [-0.1, -0.05) is 49.6 Å². The molecule has 4 rings (SSSR count). The number of nitrogens with zero attached hydrogens (tertiary/aromatic N) is 1. The number of likely N-dealkylation sites (tertiary alicyclic amines) is 1. The fourth-order valence-corrected chi connectivity index (χ4v) is 5.98. The smallest absolute Gasteiger partial charge is 0.314 e. The average Bonchev–Trinajstić information content (AvgIpc) is 3.11. The van der Waals surface area contributed by atoms with E-state index in [1.807, 2.05) is 0 Å². The molecular weight excluding hydrogens is 527 g/mol. The van der Waals surface area contributed by atoms with Gasteiger partial charge in [0, 0.05) is 12.2 Å². The van der Waals surface area contributed by atoms with Gasteiger partial charge in [-0.25, -0.2) is 4.79 Å². The molecular formula is C26H25F9N2O. The molecule has 1 heterocycles. The van der Waals surface area contributed by atoms with Gasteiger partial charge in [-0.05, 0) is 48.4 Å². The number of halogens is 9. The number of benzene rings is 2. The van der Waals surface area contributed by atoms with Gasteiger partial charge in [0.1, 0.15) is 0 Å². The number of amides is 2. The van der Waals surface area contributed by atoms with Crippen LogP contribution in [0.4, 0.5) is 50.0 Å². The molecule has 2 fully saturated rings. The van der Waals surface area contributed by atoms with Crippen molar-refractivity contribution >= 4 is 11.7 Å². The highest BCUT2D eigenvalue weighted by atomic mass is 19.4. The summed E-state index contributed by atoms with van der Waals surface area (Å²) in [5.41, 5.74) is -6.42. The summed E-state index contributed by atoms with van der Waals surface area (Å²) in [6.45, 7) is -0.102. The molecule has 208 valence electrons. The predicted octanol–water partition coefficient (Wildman–Crippen LogP) is 8.76. The van der Waals surface area contributed by atoms with E-state index in [-0.39, 0.29) is 24.6 Å². The number of hydrogen-bond donors (Lipinski definition) is 1. The minimum Gasteiger partial charge on any atom is -0.314 e. The first-order valence-corrected chi connectivity index (χ1v) is 12.0. The first-order valence-electron chi connectivity index (χ1n) is 12.0. The van der Waals surface area contributed by atoms with Gasteiger partial charge in [0.25, 0.3) is 0 Å². The summed E-state index contributed by atoms with van der Waals surface area (Å²) in [4.78, 5) is 14.5. The minimum atomic E-state index is -5.15. The second kappa shape index (κ2) is 9.68. The van der Waals surface area contributed by atoms with Crippen molar-refractivity contribution < 1.29 is 44.3 Å². The van der Waals surface area contributed by atoms with Crippen molar-refractivity contribution in [1.82, 2.24) is 4.90 Å². The molecule has 1 spiro atoms. The standard InChI is InChI=1S/C26H25F9N2O/c27-24(28,29)15-23(17-7-3-1-4-8-17)14-22(9-5-2-6-10-22)16-37(23)21(38)36-20-12-18(25(30,31)32)11-19(13-20)26(33,34)35/h1,3-4,7-8,11-13H,2,5-6,9-10,14-16H2,(H,36,38)/t23-/m1/s1. The van der Waals surface area contributed by atoms with Crippen molar-refractivity contribution in [3.05, 3.63) is 65.2 Å². The summed E-state index contributed by atoms with van der Waals surface area (Å²) in [5, 5.41) is 2.06. The molecule has 1 saturated heterocycles. The molecule has 0 radical (unpaired) electrons. The van der Waals surface area contributed by atoms with Crippen LogP contribution < -0.4 is 5.32 Å². The Morgan fingerprint density at radius 1 is 0.816 bits per heavy atom. The summed E-state index contributed by atoms with van der Waals surface area (Å²) in [6.07, 6.45) is -12.9. The Hall–Kier alpha value is -2.92. The first kappa shape index (κ1) is 28.1. The quantitative estimate of drug-likeness (QED) is 0.380. The molecule has 0 unspecified atom stereocenters. The van der Waals surface area contributed by atoms with E-state index in [2.05, 4.69) is 5.32 Å². The maximum Gasteiger partial charge on any atom is 0.416 e. The third kappa shape index (κ3) is 5.88. The highest BCUT2D eigenvalue weighted by molar-refractivity contribution is 5.90. The van der Waals surface area contributed by atoms with Crippen LogP contribution in [0.15, 0.2) is 48.5 Å². The van der Waals surface area contributed by atoms with E-state index in [4.69, 9.17) is 0 Å². The molecule has 1 aliphatic carbocycles. The maximum atomic E-state index is 14.0. The number of anilines is 1. The molecule has 0 bridgehead atoms. The molecule has 0 aromatic heterocycles. The van der Waals surface area contributed by atoms with Crippen molar-refractivity contribution in [1.29, 1.82) is 0 Å². The Labute approximate surface area is 213 Å². The van der Waals surface area contributed by atoms with Gasteiger partial charge in [-0.2, -0.15) is 39.5 Å². The van der Waals surface area contributed by atoms with Gasteiger partial charge in [0.05, 0.1) is 23.1 Å². The van der Waals surface area contributed by atoms with Crippen LogP contribution in [0.2, 0.25) is 0 Å². The molecule has 1 N–H and O–H groups in total. The fraction of sp³-hybridized carbons (Fsp3) is 0.500. The lowest BCUT2D eigenvalue weighted by atomic mass is 9.68. The lowest BCUT2D eigenvalue weighted by Crippen LogP contribution is -2.49. The normalized spacial score (nSPS) is 22.1. The van der Waals surface area contributed by atoms with Crippen molar-refractivity contribution in [3.63, 3.8) is 0 Å². The minimum absolute atomic E-state index is 0.0205. The van der Waals surface area contributed by atoms with E-state index in [1.54, 1.807) is 6.07 Å². The summed E-state index contributed by atoms with van der Waals surface area (Å²) < 4.78 is 122. The van der Waals surface area contributed by atoms with Crippen molar-refractivity contribution in [2.24, 2.45) is 5.41 Å². The molecule has 2 aromatic rings. The number of hydrogen-bond acceptors (Lipinski definition) is 1. The lowest BCUT2D eigenvalue weighted by Gasteiger charge is -2.40. The molecule has 3 nitrogen and oxygen atoms in total. The highest BCUT2D eigenvalue weighted by Crippen LogP contribution is 2.57. The number of rotatable bonds is 3. The zero-order chi connectivity index (χ0) is 28.0. The number of urea groups is 1. The van der Waals surface area contributed by atoms with E-state index in [0.29, 0.717) is 25.0 Å². The van der Waals surface area contributed by atoms with Crippen LogP contribution in [0.1, 0.15) is 61.6 Å². The van der Waals surface area contributed by atoms with Crippen molar-refractivity contribution in [2.75, 3.05) is 11.9 Å². The zero-order valence-electron chi connectivity index (χ0n) is 20.0. The molecule has 12 heteroatoms. The van der Waals surface area contributed by atoms with Gasteiger partial charge in [-0.3, -0.25) is 0 Å². The number of alkyl halides is 9. The summed E-state index contributed by atoms with van der Waals surface area (Å²) in [5.74, 6) is 0. The summed E-state index contributed by atoms with van der Waals surface area (Å²) >= 11 is 0. The first-order chi connectivity index (χ1) is 17.5. The van der Waals surface area contributed by atoms with Crippen LogP contribution in [-0.2, 0) is 17.9 Å². The van der Waals surface area contributed by atoms with Gasteiger partial charge >= 0.3 is 24.6 Å². The third-order valence-corrected chi connectivity index (χ3v) is 7.48. The third-order valence-electron chi connectivity index (χ3n) is 7.48. The van der Waals surface area contributed by atoms with E-state index in [1.165, 1.54) is 24.3 Å². The van der Waals surface area contributed by atoms with Crippen LogP contribution in [0.5, 0.6) is 0 Å². The molecule has 1 aliphatic heterocycles. The van der Waals surface area contributed by atoms with E-state index < -0.39 is 58.7 Å². The fourth-order valence-electron chi connectivity index (χ4n) is 5.98. The Kier molecular flexibility index (Phi) is 7.15. The second-order valence-electron chi connectivity index (χ2n) is 10.2. The number of carbonyl (C=O) groups is 1. The van der Waals surface area contributed by atoms with Crippen molar-refractivity contribution in [3.8, 4) is 0 Å². The molecule has 2 aromatic carbocycles. The topological polar surface area (TPSA) is 32.3 Å². The van der Waals surface area contributed by atoms with Crippen LogP contribution >= 0.6 is 0 Å². The SMILES string of the molecule is O=C(Nc1cc(C(F)(F)F)cc(C(F)(F)F)c1)N1CC2(CCCCC2)C[C@@]1(CC(F)(F)F)c1ccccc1. The van der Waals surface area contributed by atoms with Crippen LogP contribution in [-0.4, -0.2) is 23.7 Å². The zero-order valence-corrected chi connectivity index (χ0v) is 20.0. The highest BCUT2D eigenvalue weighted by Gasteiger charge is 2.59. The van der Waals surface area contributed by atoms with E-state index in [0.717, 1.165) is 24.2 Å². The van der Waals surface area contributed by atoms with Crippen molar-refractivity contribution in [2.45, 2.75) is 69.0 Å². The summed E-state index contributed by atoms with van der Waals surface area (Å²) in [6, 6.07) is 6.98. The van der Waals surface area contributed by atoms with E-state index >= 15 is 0 Å². The Morgan fingerprint density at radius 3 is 1.87 bits per heavy atom. The Bertz CT molecular complexity index is 1120. The average molecular weight is 552 g/mol. The Morgan fingerprint density at radius 2 is 1.37 bits per heavy atom. The number of carbonyl (C=O) groups excluding carboxylic acids is 1. The largest absolute Gasteiger partial charge is 0.416 e. The van der Waals surface area contributed by atoms with Crippen LogP contribution in [0, 0.1) is 5.41 Å². The van der Waals surface area contributed by atoms with E-state index in [9.17, 15) is 44.3 Å². The van der Waals surface area contributed by atoms with Gasteiger partial charge in [0.2, 0.25) is 0 Å². The predicted molar refractivity (Wildman–Crippen MR) is 121 cm³/mol. The summed E-state index contributed by atoms with van der Waals surface area (Å²) in [7, 11) is 0. The molecule has 1 atom stereocenters.